The number of benzene rings is 2. The maximum Gasteiger partial charge on any atom is 0.336 e. The number of pyridine rings is 1. The van der Waals surface area contributed by atoms with Gasteiger partial charge in [0.2, 0.25) is 0 Å². The van der Waals surface area contributed by atoms with Gasteiger partial charge >= 0.3 is 5.97 Å². The molecule has 0 unspecified atom stereocenters. The van der Waals surface area contributed by atoms with Crippen LogP contribution in [0.4, 0.5) is 0 Å². The second-order valence-corrected chi connectivity index (χ2v) is 7.02. The van der Waals surface area contributed by atoms with E-state index in [4.69, 9.17) is 0 Å². The molecule has 2 aromatic carbocycles. The van der Waals surface area contributed by atoms with Gasteiger partial charge in [0.1, 0.15) is 0 Å². The van der Waals surface area contributed by atoms with Crippen molar-refractivity contribution >= 4 is 62.1 Å². The molecule has 0 bridgehead atoms. The Balaban J connectivity index is 2.28. The standard InChI is InChI=1S/C16H9I2NO2/c17-10-3-1-9(2-4-10)15-8-13(16(20)21)12-7-11(18)5-6-14(12)19-15/h1-8H,(H,20,21). The molecule has 0 amide bonds. The number of fused-ring (bicyclic) bond motifs is 1. The minimum absolute atomic E-state index is 0.284. The number of carboxylic acid groups (broad SMARTS) is 1. The molecule has 21 heavy (non-hydrogen) atoms. The van der Waals surface area contributed by atoms with Crippen molar-refractivity contribution in [1.82, 2.24) is 4.98 Å². The highest BCUT2D eigenvalue weighted by atomic mass is 127. The fourth-order valence-corrected chi connectivity index (χ4v) is 2.99. The van der Waals surface area contributed by atoms with Gasteiger partial charge in [0, 0.05) is 18.1 Å². The summed E-state index contributed by atoms with van der Waals surface area (Å²) in [6, 6.07) is 15.2. The lowest BCUT2D eigenvalue weighted by Gasteiger charge is -2.08. The van der Waals surface area contributed by atoms with Crippen molar-refractivity contribution in [2.75, 3.05) is 0 Å². The maximum atomic E-state index is 11.5. The summed E-state index contributed by atoms with van der Waals surface area (Å²) in [7, 11) is 0. The van der Waals surface area contributed by atoms with Crippen LogP contribution in [0.5, 0.6) is 0 Å². The van der Waals surface area contributed by atoms with E-state index in [1.165, 1.54) is 0 Å². The van der Waals surface area contributed by atoms with Gasteiger partial charge in [-0.15, -0.1) is 0 Å². The number of aromatic carboxylic acids is 1. The van der Waals surface area contributed by atoms with Gasteiger partial charge in [0.25, 0.3) is 0 Å². The van der Waals surface area contributed by atoms with Crippen molar-refractivity contribution in [3.8, 4) is 11.3 Å². The van der Waals surface area contributed by atoms with Crippen LogP contribution >= 0.6 is 45.2 Å². The lowest BCUT2D eigenvalue weighted by molar-refractivity contribution is 0.0699. The molecule has 0 aliphatic heterocycles. The quantitative estimate of drug-likeness (QED) is 0.514. The average molecular weight is 501 g/mol. The molecule has 0 aliphatic carbocycles. The molecule has 3 nitrogen and oxygen atoms in total. The lowest BCUT2D eigenvalue weighted by atomic mass is 10.0. The second kappa shape index (κ2) is 5.88. The van der Waals surface area contributed by atoms with Crippen molar-refractivity contribution in [3.63, 3.8) is 0 Å². The Morgan fingerprint density at radius 1 is 0.952 bits per heavy atom. The van der Waals surface area contributed by atoms with Gasteiger partial charge in [0.15, 0.2) is 0 Å². The van der Waals surface area contributed by atoms with Crippen molar-refractivity contribution in [2.45, 2.75) is 0 Å². The molecule has 0 aliphatic rings. The number of aromatic nitrogens is 1. The summed E-state index contributed by atoms with van der Waals surface area (Å²) in [5, 5.41) is 10.1. The lowest BCUT2D eigenvalue weighted by Crippen LogP contribution is -2.00. The summed E-state index contributed by atoms with van der Waals surface area (Å²) >= 11 is 4.41. The molecular weight excluding hydrogens is 492 g/mol. The monoisotopic (exact) mass is 501 g/mol. The van der Waals surface area contributed by atoms with E-state index in [0.29, 0.717) is 16.6 Å². The number of carboxylic acids is 1. The Morgan fingerprint density at radius 3 is 2.29 bits per heavy atom. The van der Waals surface area contributed by atoms with Crippen LogP contribution in [-0.2, 0) is 0 Å². The predicted molar refractivity (Wildman–Crippen MR) is 99.6 cm³/mol. The van der Waals surface area contributed by atoms with E-state index in [-0.39, 0.29) is 5.56 Å². The van der Waals surface area contributed by atoms with Crippen LogP contribution in [0.2, 0.25) is 0 Å². The molecule has 1 aromatic heterocycles. The Morgan fingerprint density at radius 2 is 1.62 bits per heavy atom. The number of hydrogen-bond donors (Lipinski definition) is 1. The molecule has 0 saturated carbocycles. The molecule has 0 fully saturated rings. The van der Waals surface area contributed by atoms with Crippen molar-refractivity contribution in [3.05, 3.63) is 61.2 Å². The van der Waals surface area contributed by atoms with E-state index >= 15 is 0 Å². The molecule has 3 rings (SSSR count). The summed E-state index contributed by atoms with van der Waals surface area (Å²) in [6.07, 6.45) is 0. The zero-order valence-corrected chi connectivity index (χ0v) is 15.0. The predicted octanol–water partition coefficient (Wildman–Crippen LogP) is 4.81. The molecule has 0 radical (unpaired) electrons. The summed E-state index contributed by atoms with van der Waals surface area (Å²) in [5.74, 6) is -0.934. The Bertz CT molecular complexity index is 845. The Labute approximate surface area is 148 Å². The minimum atomic E-state index is -0.934. The normalized spacial score (nSPS) is 10.8. The van der Waals surface area contributed by atoms with Crippen LogP contribution in [0.3, 0.4) is 0 Å². The Hall–Kier alpha value is -1.22. The molecule has 5 heteroatoms. The number of halogens is 2. The van der Waals surface area contributed by atoms with E-state index in [1.54, 1.807) is 6.07 Å². The molecule has 1 N–H and O–H groups in total. The fourth-order valence-electron chi connectivity index (χ4n) is 2.14. The van der Waals surface area contributed by atoms with Crippen molar-refractivity contribution in [1.29, 1.82) is 0 Å². The van der Waals surface area contributed by atoms with Gasteiger partial charge in [-0.2, -0.15) is 0 Å². The Kier molecular flexibility index (Phi) is 4.12. The van der Waals surface area contributed by atoms with Gasteiger partial charge in [-0.1, -0.05) is 12.1 Å². The first-order valence-corrected chi connectivity index (χ1v) is 8.30. The SMILES string of the molecule is O=C(O)c1cc(-c2ccc(I)cc2)nc2ccc(I)cc12. The number of carbonyl (C=O) groups is 1. The molecule has 3 aromatic rings. The summed E-state index contributed by atoms with van der Waals surface area (Å²) in [4.78, 5) is 16.1. The number of nitrogens with zero attached hydrogens (tertiary/aromatic N) is 1. The molecule has 0 spiro atoms. The van der Waals surface area contributed by atoms with Gasteiger partial charge in [-0.3, -0.25) is 0 Å². The molecule has 0 saturated heterocycles. The molecular formula is C16H9I2NO2. The topological polar surface area (TPSA) is 50.2 Å². The average Bonchev–Trinajstić information content (AvgIpc) is 2.46. The minimum Gasteiger partial charge on any atom is -0.478 e. The van der Waals surface area contributed by atoms with Crippen molar-refractivity contribution < 1.29 is 9.90 Å². The van der Waals surface area contributed by atoms with E-state index in [0.717, 1.165) is 12.7 Å². The van der Waals surface area contributed by atoms with Gasteiger partial charge < -0.3 is 5.11 Å². The summed E-state index contributed by atoms with van der Waals surface area (Å²) in [5.41, 5.74) is 2.58. The van der Waals surface area contributed by atoms with Gasteiger partial charge in [-0.05, 0) is 81.6 Å². The van der Waals surface area contributed by atoms with Crippen LogP contribution in [0.25, 0.3) is 22.2 Å². The first kappa shape index (κ1) is 14.7. The van der Waals surface area contributed by atoms with Crippen LogP contribution < -0.4 is 0 Å². The maximum absolute atomic E-state index is 11.5. The van der Waals surface area contributed by atoms with Crippen LogP contribution in [-0.4, -0.2) is 16.1 Å². The van der Waals surface area contributed by atoms with E-state index < -0.39 is 5.97 Å². The van der Waals surface area contributed by atoms with Crippen LogP contribution in [0.15, 0.2) is 48.5 Å². The zero-order valence-electron chi connectivity index (χ0n) is 10.7. The highest BCUT2D eigenvalue weighted by Gasteiger charge is 2.13. The molecule has 104 valence electrons. The first-order chi connectivity index (χ1) is 10.0. The molecule has 1 heterocycles. The second-order valence-electron chi connectivity index (χ2n) is 4.53. The smallest absolute Gasteiger partial charge is 0.336 e. The fraction of sp³-hybridized carbons (Fsp3) is 0. The summed E-state index contributed by atoms with van der Waals surface area (Å²) < 4.78 is 2.12. The number of hydrogen-bond acceptors (Lipinski definition) is 2. The van der Waals surface area contributed by atoms with Crippen LogP contribution in [0.1, 0.15) is 10.4 Å². The van der Waals surface area contributed by atoms with Gasteiger partial charge in [-0.25, -0.2) is 9.78 Å². The van der Waals surface area contributed by atoms with E-state index in [2.05, 4.69) is 50.2 Å². The largest absolute Gasteiger partial charge is 0.478 e. The van der Waals surface area contributed by atoms with Gasteiger partial charge in [0.05, 0.1) is 16.8 Å². The van der Waals surface area contributed by atoms with E-state index in [1.807, 2.05) is 42.5 Å². The van der Waals surface area contributed by atoms with Crippen molar-refractivity contribution in [2.24, 2.45) is 0 Å². The third-order valence-corrected chi connectivity index (χ3v) is 4.53. The molecule has 0 atom stereocenters. The highest BCUT2D eigenvalue weighted by Crippen LogP contribution is 2.26. The third-order valence-electron chi connectivity index (χ3n) is 3.14. The number of rotatable bonds is 2. The zero-order chi connectivity index (χ0) is 15.0. The highest BCUT2D eigenvalue weighted by molar-refractivity contribution is 14.1. The first-order valence-electron chi connectivity index (χ1n) is 6.14. The third kappa shape index (κ3) is 3.03. The van der Waals surface area contributed by atoms with Crippen LogP contribution in [0, 0.1) is 7.14 Å². The van der Waals surface area contributed by atoms with E-state index in [9.17, 15) is 9.90 Å². The summed E-state index contributed by atoms with van der Waals surface area (Å²) in [6.45, 7) is 0.